The number of hydrogen-bond donors (Lipinski definition) is 0. The topological polar surface area (TPSA) is 37.4 Å². The summed E-state index contributed by atoms with van der Waals surface area (Å²) in [6.07, 6.45) is 5.28. The number of carbonyl (C=O) groups is 2. The Hall–Kier alpha value is -1.61. The van der Waals surface area contributed by atoms with Crippen LogP contribution >= 0.6 is 11.6 Å². The zero-order chi connectivity index (χ0) is 13.6. The summed E-state index contributed by atoms with van der Waals surface area (Å²) in [5.74, 6) is -0.589. The van der Waals surface area contributed by atoms with Gasteiger partial charge in [0, 0.05) is 5.02 Å². The molecular formula is C15H14ClNO2. The van der Waals surface area contributed by atoms with E-state index < -0.39 is 0 Å². The van der Waals surface area contributed by atoms with Gasteiger partial charge in [-0.15, -0.1) is 0 Å². The molecule has 4 heteroatoms. The molecule has 2 aliphatic rings. The molecule has 0 bridgehead atoms. The third-order valence-electron chi connectivity index (χ3n) is 3.92. The van der Waals surface area contributed by atoms with Crippen LogP contribution in [0.5, 0.6) is 0 Å². The summed E-state index contributed by atoms with van der Waals surface area (Å²) >= 11 is 6.08. The number of fused-ring (bicyclic) bond motifs is 1. The van der Waals surface area contributed by atoms with Crippen molar-refractivity contribution >= 4 is 29.1 Å². The Balaban J connectivity index is 1.99. The number of rotatable bonds is 1. The molecule has 1 fully saturated rings. The highest BCUT2D eigenvalue weighted by Gasteiger charge is 2.47. The first-order chi connectivity index (χ1) is 9.09. The van der Waals surface area contributed by atoms with Crippen molar-refractivity contribution in [2.24, 2.45) is 11.8 Å². The minimum atomic E-state index is -0.197. The lowest BCUT2D eigenvalue weighted by Gasteiger charge is -2.15. The smallest absolute Gasteiger partial charge is 0.238 e. The van der Waals surface area contributed by atoms with Crippen molar-refractivity contribution in [2.45, 2.75) is 19.8 Å². The third-order valence-corrected chi connectivity index (χ3v) is 4.33. The fraction of sp³-hybridized carbons (Fsp3) is 0.333. The van der Waals surface area contributed by atoms with Crippen LogP contribution in [-0.2, 0) is 9.59 Å². The Bertz CT molecular complexity index is 568. The van der Waals surface area contributed by atoms with Gasteiger partial charge in [-0.2, -0.15) is 0 Å². The maximum Gasteiger partial charge on any atom is 0.238 e. The molecule has 2 amide bonds. The second kappa shape index (κ2) is 4.49. The van der Waals surface area contributed by atoms with Crippen molar-refractivity contribution in [3.8, 4) is 0 Å². The van der Waals surface area contributed by atoms with E-state index in [4.69, 9.17) is 11.6 Å². The van der Waals surface area contributed by atoms with Crippen molar-refractivity contribution in [3.05, 3.63) is 40.9 Å². The normalized spacial score (nSPS) is 25.9. The number of aryl methyl sites for hydroxylation is 1. The van der Waals surface area contributed by atoms with Gasteiger partial charge >= 0.3 is 0 Å². The van der Waals surface area contributed by atoms with Gasteiger partial charge in [0.15, 0.2) is 0 Å². The van der Waals surface area contributed by atoms with Crippen LogP contribution < -0.4 is 4.90 Å². The van der Waals surface area contributed by atoms with Crippen LogP contribution in [0.2, 0.25) is 5.02 Å². The lowest BCUT2D eigenvalue weighted by Crippen LogP contribution is -2.30. The highest BCUT2D eigenvalue weighted by Crippen LogP contribution is 2.38. The Labute approximate surface area is 116 Å². The number of hydrogen-bond acceptors (Lipinski definition) is 2. The summed E-state index contributed by atoms with van der Waals surface area (Å²) in [6, 6.07) is 5.30. The molecule has 2 atom stereocenters. The number of nitrogens with zero attached hydrogens (tertiary/aromatic N) is 1. The van der Waals surface area contributed by atoms with E-state index in [1.165, 1.54) is 4.90 Å². The lowest BCUT2D eigenvalue weighted by atomic mass is 9.85. The van der Waals surface area contributed by atoms with Crippen LogP contribution in [0.15, 0.2) is 30.4 Å². The molecule has 1 aromatic carbocycles. The molecule has 0 aromatic heterocycles. The van der Waals surface area contributed by atoms with Crippen molar-refractivity contribution in [1.29, 1.82) is 0 Å². The lowest BCUT2D eigenvalue weighted by molar-refractivity contribution is -0.122. The first-order valence-electron chi connectivity index (χ1n) is 6.38. The third kappa shape index (κ3) is 1.89. The van der Waals surface area contributed by atoms with Gasteiger partial charge in [0.05, 0.1) is 17.5 Å². The molecule has 0 spiro atoms. The zero-order valence-corrected chi connectivity index (χ0v) is 11.4. The highest BCUT2D eigenvalue weighted by atomic mass is 35.5. The van der Waals surface area contributed by atoms with Crippen LogP contribution in [0.25, 0.3) is 0 Å². The Kier molecular flexibility index (Phi) is 2.94. The summed E-state index contributed by atoms with van der Waals surface area (Å²) < 4.78 is 0. The molecule has 3 rings (SSSR count). The van der Waals surface area contributed by atoms with Gasteiger partial charge in [-0.05, 0) is 37.5 Å². The van der Waals surface area contributed by atoms with E-state index in [-0.39, 0.29) is 23.7 Å². The number of imide groups is 1. The van der Waals surface area contributed by atoms with Crippen LogP contribution in [0.3, 0.4) is 0 Å². The molecular weight excluding hydrogens is 262 g/mol. The molecule has 1 aromatic rings. The number of halogens is 1. The van der Waals surface area contributed by atoms with Crippen molar-refractivity contribution < 1.29 is 9.59 Å². The molecule has 0 radical (unpaired) electrons. The largest absolute Gasteiger partial charge is 0.274 e. The fourth-order valence-corrected chi connectivity index (χ4v) is 2.95. The molecule has 0 N–H and O–H groups in total. The minimum Gasteiger partial charge on any atom is -0.274 e. The number of amides is 2. The molecule has 98 valence electrons. The molecule has 0 unspecified atom stereocenters. The second-order valence-corrected chi connectivity index (χ2v) is 5.51. The predicted octanol–water partition coefficient (Wildman–Crippen LogP) is 3.10. The molecule has 19 heavy (non-hydrogen) atoms. The number of carbonyl (C=O) groups excluding carboxylic acids is 2. The van der Waals surface area contributed by atoms with E-state index in [2.05, 4.69) is 0 Å². The summed E-state index contributed by atoms with van der Waals surface area (Å²) in [7, 11) is 0. The summed E-state index contributed by atoms with van der Waals surface area (Å²) in [6.45, 7) is 1.89. The van der Waals surface area contributed by atoms with E-state index in [1.54, 1.807) is 12.1 Å². The molecule has 1 heterocycles. The average molecular weight is 276 g/mol. The summed E-state index contributed by atoms with van der Waals surface area (Å²) in [5.41, 5.74) is 1.52. The monoisotopic (exact) mass is 275 g/mol. The second-order valence-electron chi connectivity index (χ2n) is 5.10. The molecule has 0 saturated carbocycles. The predicted molar refractivity (Wildman–Crippen MR) is 74.0 cm³/mol. The molecule has 1 aliphatic carbocycles. The molecule has 1 aliphatic heterocycles. The van der Waals surface area contributed by atoms with Gasteiger partial charge in [-0.25, -0.2) is 4.90 Å². The fourth-order valence-electron chi connectivity index (χ4n) is 2.78. The quantitative estimate of drug-likeness (QED) is 0.583. The number of allylic oxidation sites excluding steroid dienone is 2. The minimum absolute atomic E-state index is 0.0979. The number of benzene rings is 1. The first kappa shape index (κ1) is 12.4. The van der Waals surface area contributed by atoms with E-state index in [9.17, 15) is 9.59 Å². The van der Waals surface area contributed by atoms with Crippen molar-refractivity contribution in [2.75, 3.05) is 4.90 Å². The van der Waals surface area contributed by atoms with Crippen molar-refractivity contribution in [1.82, 2.24) is 0 Å². The highest BCUT2D eigenvalue weighted by molar-refractivity contribution is 6.32. The number of anilines is 1. The first-order valence-corrected chi connectivity index (χ1v) is 6.76. The zero-order valence-electron chi connectivity index (χ0n) is 10.6. The van der Waals surface area contributed by atoms with Gasteiger partial charge in [0.1, 0.15) is 0 Å². The summed E-state index contributed by atoms with van der Waals surface area (Å²) in [4.78, 5) is 26.0. The van der Waals surface area contributed by atoms with E-state index in [0.717, 1.165) is 5.56 Å². The molecule has 3 nitrogen and oxygen atoms in total. The Morgan fingerprint density at radius 2 is 1.68 bits per heavy atom. The van der Waals surface area contributed by atoms with Crippen LogP contribution in [0, 0.1) is 18.8 Å². The van der Waals surface area contributed by atoms with Gasteiger partial charge in [-0.1, -0.05) is 29.8 Å². The Morgan fingerprint density at radius 3 is 2.21 bits per heavy atom. The van der Waals surface area contributed by atoms with Crippen LogP contribution in [0.1, 0.15) is 18.4 Å². The SMILES string of the molecule is Cc1ccc(N2C(=O)[C@@H]3CC=CC[C@H]3C2=O)cc1Cl. The van der Waals surface area contributed by atoms with Gasteiger partial charge in [-0.3, -0.25) is 9.59 Å². The van der Waals surface area contributed by atoms with E-state index in [0.29, 0.717) is 23.6 Å². The van der Waals surface area contributed by atoms with Crippen LogP contribution in [0.4, 0.5) is 5.69 Å². The van der Waals surface area contributed by atoms with Crippen molar-refractivity contribution in [3.63, 3.8) is 0 Å². The van der Waals surface area contributed by atoms with E-state index >= 15 is 0 Å². The van der Waals surface area contributed by atoms with Gasteiger partial charge in [0.2, 0.25) is 11.8 Å². The maximum atomic E-state index is 12.4. The average Bonchev–Trinajstić information content (AvgIpc) is 2.66. The maximum absolute atomic E-state index is 12.4. The van der Waals surface area contributed by atoms with Crippen LogP contribution in [-0.4, -0.2) is 11.8 Å². The van der Waals surface area contributed by atoms with Gasteiger partial charge < -0.3 is 0 Å². The molecule has 1 saturated heterocycles. The van der Waals surface area contributed by atoms with Gasteiger partial charge in [0.25, 0.3) is 0 Å². The van der Waals surface area contributed by atoms with E-state index in [1.807, 2.05) is 25.1 Å². The standard InChI is InChI=1S/C15H14ClNO2/c1-9-6-7-10(8-13(9)16)17-14(18)11-4-2-3-5-12(11)15(17)19/h2-3,6-8,11-12H,4-5H2,1H3/t11-,12-/m1/s1. The Morgan fingerprint density at radius 1 is 1.11 bits per heavy atom. The summed E-state index contributed by atoms with van der Waals surface area (Å²) in [5, 5.41) is 0.575.